The number of carbonyl (C=O) groups excluding carboxylic acids is 1. The summed E-state index contributed by atoms with van der Waals surface area (Å²) >= 11 is 0. The second-order valence-electron chi connectivity index (χ2n) is 7.76. The van der Waals surface area contributed by atoms with Crippen LogP contribution in [0.3, 0.4) is 0 Å². The largest absolute Gasteiger partial charge is 0.363 e. The van der Waals surface area contributed by atoms with Gasteiger partial charge in [-0.1, -0.05) is 18.2 Å². The number of halogens is 2. The van der Waals surface area contributed by atoms with E-state index in [1.165, 1.54) is 22.3 Å². The number of benzene rings is 2. The predicted molar refractivity (Wildman–Crippen MR) is 113 cm³/mol. The van der Waals surface area contributed by atoms with Crippen LogP contribution in [-0.2, 0) is 13.1 Å². The highest BCUT2D eigenvalue weighted by atomic mass is 35.5. The van der Waals surface area contributed by atoms with Crippen LogP contribution in [0.25, 0.3) is 0 Å². The van der Waals surface area contributed by atoms with Crippen LogP contribution in [0.15, 0.2) is 36.4 Å². The number of fused-ring (bicyclic) bond motifs is 1. The summed E-state index contributed by atoms with van der Waals surface area (Å²) < 4.78 is 13.2. The Morgan fingerprint density at radius 3 is 2.46 bits per heavy atom. The van der Waals surface area contributed by atoms with Crippen molar-refractivity contribution in [3.05, 3.63) is 64.2 Å². The van der Waals surface area contributed by atoms with Gasteiger partial charge in [-0.15, -0.1) is 12.4 Å². The topological polar surface area (TPSA) is 44.4 Å². The zero-order valence-electron chi connectivity index (χ0n) is 16.3. The minimum absolute atomic E-state index is 0. The lowest BCUT2D eigenvalue weighted by molar-refractivity contribution is 0.0950. The summed E-state index contributed by atoms with van der Waals surface area (Å²) in [6.07, 6.45) is -0.343. The van der Waals surface area contributed by atoms with Crippen molar-refractivity contribution in [2.45, 2.75) is 45.6 Å². The van der Waals surface area contributed by atoms with Crippen molar-refractivity contribution in [2.75, 3.05) is 18.0 Å². The molecule has 0 spiro atoms. The molecule has 2 aromatic carbocycles. The molecule has 28 heavy (non-hydrogen) atoms. The third kappa shape index (κ3) is 4.31. The molecule has 2 atom stereocenters. The molecular formula is C22H27ClFN3O. The number of nitrogens with one attached hydrogen (secondary N) is 2. The molecule has 2 aliphatic heterocycles. The summed E-state index contributed by atoms with van der Waals surface area (Å²) in [4.78, 5) is 14.8. The maximum atomic E-state index is 13.2. The molecule has 1 saturated heterocycles. The standard InChI is InChI=1S/C22H26FN3O.ClH/c1-14-6-17-12-26(13-18(17)7-15(14)2)21-5-3-4-16(8-21)22(27)25-11-20-9-19(23)10-24-20;/h3-8,19-20,24H,9-13H2,1-2H3,(H,25,27);1H/t19-,20-;/m0./s1. The number of rotatable bonds is 4. The van der Waals surface area contributed by atoms with Crippen LogP contribution in [0.5, 0.6) is 0 Å². The van der Waals surface area contributed by atoms with Crippen LogP contribution in [-0.4, -0.2) is 31.2 Å². The second-order valence-corrected chi connectivity index (χ2v) is 7.76. The van der Waals surface area contributed by atoms with Crippen molar-refractivity contribution in [3.63, 3.8) is 0 Å². The summed E-state index contributed by atoms with van der Waals surface area (Å²) in [7, 11) is 0. The first-order valence-electron chi connectivity index (χ1n) is 9.59. The van der Waals surface area contributed by atoms with Crippen LogP contribution >= 0.6 is 12.4 Å². The first kappa shape index (κ1) is 20.6. The summed E-state index contributed by atoms with van der Waals surface area (Å²) in [6.45, 7) is 6.86. The fourth-order valence-electron chi connectivity index (χ4n) is 3.97. The fourth-order valence-corrected chi connectivity index (χ4v) is 3.97. The van der Waals surface area contributed by atoms with E-state index >= 15 is 0 Å². The van der Waals surface area contributed by atoms with Gasteiger partial charge in [0.1, 0.15) is 6.17 Å². The summed E-state index contributed by atoms with van der Waals surface area (Å²) in [5.41, 5.74) is 7.06. The van der Waals surface area contributed by atoms with Gasteiger partial charge in [0.05, 0.1) is 0 Å². The van der Waals surface area contributed by atoms with Crippen LogP contribution in [0.1, 0.15) is 39.0 Å². The Morgan fingerprint density at radius 2 is 1.86 bits per heavy atom. The van der Waals surface area contributed by atoms with Gasteiger partial charge in [0.25, 0.3) is 5.91 Å². The SMILES string of the molecule is Cc1cc2c(cc1C)CN(c1cccc(C(=O)NC[C@@H]3C[C@H](F)CN3)c1)C2.Cl. The van der Waals surface area contributed by atoms with E-state index < -0.39 is 6.17 Å². The third-order valence-electron chi connectivity index (χ3n) is 5.69. The number of hydrogen-bond acceptors (Lipinski definition) is 3. The maximum Gasteiger partial charge on any atom is 0.251 e. The van der Waals surface area contributed by atoms with E-state index in [0.717, 1.165) is 18.8 Å². The maximum absolute atomic E-state index is 13.2. The average Bonchev–Trinajstić information content (AvgIpc) is 3.26. The first-order valence-corrected chi connectivity index (χ1v) is 9.59. The van der Waals surface area contributed by atoms with E-state index in [9.17, 15) is 9.18 Å². The Kier molecular flexibility index (Phi) is 6.26. The Hall–Kier alpha value is -2.11. The van der Waals surface area contributed by atoms with Gasteiger partial charge in [0, 0.05) is 43.5 Å². The molecule has 2 aliphatic rings. The van der Waals surface area contributed by atoms with Gasteiger partial charge in [0.15, 0.2) is 0 Å². The molecule has 0 saturated carbocycles. The van der Waals surface area contributed by atoms with Gasteiger partial charge < -0.3 is 15.5 Å². The van der Waals surface area contributed by atoms with Crippen molar-refractivity contribution in [3.8, 4) is 0 Å². The highest BCUT2D eigenvalue weighted by Crippen LogP contribution is 2.30. The molecule has 0 unspecified atom stereocenters. The Bertz CT molecular complexity index is 842. The molecule has 4 nitrogen and oxygen atoms in total. The molecule has 0 aromatic heterocycles. The van der Waals surface area contributed by atoms with E-state index in [1.807, 2.05) is 18.2 Å². The molecule has 150 valence electrons. The summed E-state index contributed by atoms with van der Waals surface area (Å²) in [5, 5.41) is 6.02. The average molecular weight is 404 g/mol. The zero-order valence-corrected chi connectivity index (χ0v) is 17.1. The van der Waals surface area contributed by atoms with Crippen LogP contribution in [0.2, 0.25) is 0 Å². The lowest BCUT2D eigenvalue weighted by Crippen LogP contribution is -2.37. The van der Waals surface area contributed by atoms with Gasteiger partial charge in [-0.3, -0.25) is 4.79 Å². The summed E-state index contributed by atoms with van der Waals surface area (Å²) in [5.74, 6) is -0.107. The molecule has 1 fully saturated rings. The molecule has 2 aromatic rings. The van der Waals surface area contributed by atoms with Gasteiger partial charge >= 0.3 is 0 Å². The van der Waals surface area contributed by atoms with Gasteiger partial charge in [-0.05, 0) is 60.7 Å². The monoisotopic (exact) mass is 403 g/mol. The molecule has 0 aliphatic carbocycles. The molecule has 2 heterocycles. The number of carbonyl (C=O) groups is 1. The second kappa shape index (κ2) is 8.50. The number of alkyl halides is 1. The number of amides is 1. The molecule has 0 radical (unpaired) electrons. The van der Waals surface area contributed by atoms with E-state index in [0.29, 0.717) is 25.1 Å². The van der Waals surface area contributed by atoms with Crippen molar-refractivity contribution in [1.82, 2.24) is 10.6 Å². The van der Waals surface area contributed by atoms with Crippen LogP contribution < -0.4 is 15.5 Å². The third-order valence-corrected chi connectivity index (χ3v) is 5.69. The zero-order chi connectivity index (χ0) is 19.0. The number of aryl methyl sites for hydroxylation is 2. The van der Waals surface area contributed by atoms with E-state index in [4.69, 9.17) is 0 Å². The van der Waals surface area contributed by atoms with Gasteiger partial charge in [-0.2, -0.15) is 0 Å². The highest BCUT2D eigenvalue weighted by Gasteiger charge is 2.24. The van der Waals surface area contributed by atoms with Crippen LogP contribution in [0, 0.1) is 13.8 Å². The molecule has 1 amide bonds. The Labute approximate surface area is 171 Å². The predicted octanol–water partition coefficient (Wildman–Crippen LogP) is 3.68. The highest BCUT2D eigenvalue weighted by molar-refractivity contribution is 5.95. The smallest absolute Gasteiger partial charge is 0.251 e. The lowest BCUT2D eigenvalue weighted by Gasteiger charge is -2.19. The van der Waals surface area contributed by atoms with Gasteiger partial charge in [0.2, 0.25) is 0 Å². The Morgan fingerprint density at radius 1 is 1.18 bits per heavy atom. The molecule has 2 N–H and O–H groups in total. The fraction of sp³-hybridized carbons (Fsp3) is 0.409. The molecule has 0 bridgehead atoms. The quantitative estimate of drug-likeness (QED) is 0.818. The van der Waals surface area contributed by atoms with Crippen LogP contribution in [0.4, 0.5) is 10.1 Å². The first-order chi connectivity index (χ1) is 13.0. The molecule has 4 rings (SSSR count). The van der Waals surface area contributed by atoms with Crippen molar-refractivity contribution < 1.29 is 9.18 Å². The normalized spacial score (nSPS) is 20.6. The van der Waals surface area contributed by atoms with Crippen molar-refractivity contribution in [1.29, 1.82) is 0 Å². The van der Waals surface area contributed by atoms with E-state index in [1.54, 1.807) is 0 Å². The van der Waals surface area contributed by atoms with Crippen molar-refractivity contribution >= 4 is 24.0 Å². The van der Waals surface area contributed by atoms with E-state index in [-0.39, 0.29) is 24.4 Å². The van der Waals surface area contributed by atoms with Gasteiger partial charge in [-0.25, -0.2) is 4.39 Å². The Balaban J connectivity index is 0.00000225. The number of hydrogen-bond donors (Lipinski definition) is 2. The number of nitrogens with zero attached hydrogens (tertiary/aromatic N) is 1. The lowest BCUT2D eigenvalue weighted by atomic mass is 10.0. The van der Waals surface area contributed by atoms with E-state index in [2.05, 4.69) is 47.6 Å². The molecular weight excluding hydrogens is 377 g/mol. The summed E-state index contributed by atoms with van der Waals surface area (Å²) in [6, 6.07) is 12.3. The minimum Gasteiger partial charge on any atom is -0.363 e. The number of anilines is 1. The van der Waals surface area contributed by atoms with Crippen molar-refractivity contribution in [2.24, 2.45) is 0 Å². The minimum atomic E-state index is -0.806. The molecule has 6 heteroatoms.